The number of hydrogen-bond acceptors (Lipinski definition) is 0. The largest absolute Gasteiger partial charge is 0.111 e. The van der Waals surface area contributed by atoms with Crippen molar-refractivity contribution < 1.29 is 0 Å². The van der Waals surface area contributed by atoms with Crippen LogP contribution in [0.15, 0.2) is 231 Å². The van der Waals surface area contributed by atoms with Gasteiger partial charge in [0.2, 0.25) is 0 Å². The number of aryl methyl sites for hydroxylation is 2. The zero-order valence-corrected chi connectivity index (χ0v) is 41.1. The van der Waals surface area contributed by atoms with Crippen LogP contribution >= 0.6 is 15.1 Å². The van der Waals surface area contributed by atoms with Gasteiger partial charge in [0.25, 0.3) is 0 Å². The fourth-order valence-electron chi connectivity index (χ4n) is 14.0. The molecule has 0 bridgehead atoms. The van der Waals surface area contributed by atoms with Gasteiger partial charge in [0.05, 0.1) is 5.41 Å². The summed E-state index contributed by atoms with van der Waals surface area (Å²) in [6.45, 7) is 4.93. The molecule has 71 heavy (non-hydrogen) atoms. The highest BCUT2D eigenvalue weighted by molar-refractivity contribution is 7.60. The smallest absolute Gasteiger partial charge is 0.0731 e. The van der Waals surface area contributed by atoms with E-state index in [9.17, 15) is 0 Å². The van der Waals surface area contributed by atoms with Crippen molar-refractivity contribution in [3.05, 3.63) is 253 Å². The minimum Gasteiger partial charge on any atom is -0.111 e. The first-order valence-corrected chi connectivity index (χ1v) is 28.5. The second kappa shape index (κ2) is 14.5. The Kier molecular flexibility index (Phi) is 8.16. The quantitative estimate of drug-likeness (QED) is 0.155. The molecule has 330 valence electrons. The average Bonchev–Trinajstić information content (AvgIpc) is 4.12. The molecule has 1 spiro atoms. The van der Waals surface area contributed by atoms with E-state index >= 15 is 0 Å². The molecule has 0 saturated carbocycles. The third-order valence-corrected chi connectivity index (χ3v) is 21.3. The molecule has 0 N–H and O–H groups in total. The van der Waals surface area contributed by atoms with Crippen LogP contribution in [0.4, 0.5) is 0 Å². The predicted octanol–water partition coefficient (Wildman–Crippen LogP) is 20.2. The number of fused-ring (bicyclic) bond motifs is 20. The molecule has 3 unspecified atom stereocenters. The lowest BCUT2D eigenvalue weighted by Gasteiger charge is -2.31. The van der Waals surface area contributed by atoms with E-state index in [1.807, 2.05) is 0 Å². The first-order chi connectivity index (χ1) is 35.1. The topological polar surface area (TPSA) is 0 Å². The fraction of sp³-hybridized carbons (Fsp3) is 0.0435. The molecule has 0 radical (unpaired) electrons. The third-order valence-electron chi connectivity index (χ3n) is 16.7. The van der Waals surface area contributed by atoms with Crippen molar-refractivity contribution in [2.45, 2.75) is 5.41 Å². The molecule has 0 fully saturated rings. The van der Waals surface area contributed by atoms with Gasteiger partial charge in [-0.15, -0.1) is 15.1 Å². The van der Waals surface area contributed by atoms with Crippen LogP contribution in [-0.2, 0) is 18.7 Å². The minimum absolute atomic E-state index is 0.499. The van der Waals surface area contributed by atoms with Crippen LogP contribution in [0.25, 0.3) is 130 Å². The summed E-state index contributed by atoms with van der Waals surface area (Å²) >= 11 is 0. The second-order valence-electron chi connectivity index (χ2n) is 19.9. The number of hydrogen-bond donors (Lipinski definition) is 0. The van der Waals surface area contributed by atoms with Crippen molar-refractivity contribution in [2.24, 2.45) is 13.3 Å². The Balaban J connectivity index is 1.07. The van der Waals surface area contributed by atoms with E-state index in [0.29, 0.717) is 0 Å². The maximum absolute atomic E-state index is 2.58. The van der Waals surface area contributed by atoms with E-state index in [4.69, 9.17) is 0 Å². The summed E-state index contributed by atoms with van der Waals surface area (Å²) in [6.07, 6.45) is 0. The van der Waals surface area contributed by atoms with E-state index in [2.05, 4.69) is 244 Å². The standard InChI is InChI=1S/C69H44P2/c1-70-62-36-11-7-21-46(62)53-30-15-28-51(67(53)70)43-24-13-26-48-57(43)40-58-44(52-29-16-31-54-47-22-8-12-37-63(47)71(2)68(52)54)25-14-27-49(58)64(48)56-32-17-35-61-65(56)55-23-6-10-34-60(55)69(61)59-33-9-5-20-45(59)50-39-38-41-18-3-4-19-42(41)66(50)69/h3-40H,1-2H3. The summed E-state index contributed by atoms with van der Waals surface area (Å²) in [5.41, 5.74) is 18.2. The molecular formula is C69H44P2. The molecule has 2 heterocycles. The summed E-state index contributed by atoms with van der Waals surface area (Å²) < 4.78 is 0. The van der Waals surface area contributed by atoms with Gasteiger partial charge in [0, 0.05) is 20.5 Å². The highest BCUT2D eigenvalue weighted by Gasteiger charge is 2.53. The van der Waals surface area contributed by atoms with E-state index in [-0.39, 0.29) is 0 Å². The van der Waals surface area contributed by atoms with E-state index in [1.165, 1.54) is 152 Å². The van der Waals surface area contributed by atoms with Crippen molar-refractivity contribution >= 4 is 89.4 Å². The van der Waals surface area contributed by atoms with E-state index < -0.39 is 20.5 Å². The van der Waals surface area contributed by atoms with Crippen molar-refractivity contribution in [1.82, 2.24) is 0 Å². The molecular weight excluding hydrogens is 891 g/mol. The molecule has 0 aliphatic heterocycles. The lowest BCUT2D eigenvalue weighted by atomic mass is 9.69. The molecule has 14 aromatic rings. The molecule has 2 aliphatic carbocycles. The van der Waals surface area contributed by atoms with E-state index in [1.54, 1.807) is 0 Å². The molecule has 2 heteroatoms. The number of benzene rings is 12. The fourth-order valence-corrected chi connectivity index (χ4v) is 18.4. The van der Waals surface area contributed by atoms with Crippen LogP contribution in [0.1, 0.15) is 22.3 Å². The van der Waals surface area contributed by atoms with Gasteiger partial charge in [-0.2, -0.15) is 0 Å². The Morgan fingerprint density at radius 1 is 0.268 bits per heavy atom. The highest BCUT2D eigenvalue weighted by Crippen LogP contribution is 2.66. The first kappa shape index (κ1) is 39.8. The van der Waals surface area contributed by atoms with Gasteiger partial charge in [0.1, 0.15) is 0 Å². The van der Waals surface area contributed by atoms with Gasteiger partial charge in [0.15, 0.2) is 0 Å². The number of rotatable bonds is 3. The first-order valence-electron chi connectivity index (χ1n) is 24.9. The highest BCUT2D eigenvalue weighted by atomic mass is 31.1. The molecule has 16 rings (SSSR count). The summed E-state index contributed by atoms with van der Waals surface area (Å²) in [5, 5.41) is 19.2. The van der Waals surface area contributed by atoms with Gasteiger partial charge >= 0.3 is 0 Å². The van der Waals surface area contributed by atoms with Gasteiger partial charge in [-0.3, -0.25) is 0 Å². The lowest BCUT2D eigenvalue weighted by molar-refractivity contribution is 0.801. The molecule has 3 atom stereocenters. The zero-order valence-electron chi connectivity index (χ0n) is 39.3. The maximum atomic E-state index is 2.58. The van der Waals surface area contributed by atoms with E-state index in [0.717, 1.165) is 0 Å². The van der Waals surface area contributed by atoms with Crippen molar-refractivity contribution in [3.63, 3.8) is 0 Å². The monoisotopic (exact) mass is 934 g/mol. The second-order valence-corrected chi connectivity index (χ2v) is 24.0. The maximum Gasteiger partial charge on any atom is 0.0731 e. The van der Waals surface area contributed by atoms with Crippen molar-refractivity contribution in [1.29, 1.82) is 0 Å². The molecule has 0 nitrogen and oxygen atoms in total. The molecule has 0 amide bonds. The van der Waals surface area contributed by atoms with Crippen molar-refractivity contribution in [3.8, 4) is 55.6 Å². The summed E-state index contributed by atoms with van der Waals surface area (Å²) in [6, 6.07) is 88.8. The van der Waals surface area contributed by atoms with Crippen LogP contribution in [-0.4, -0.2) is 0 Å². The molecule has 2 aromatic heterocycles. The van der Waals surface area contributed by atoms with Crippen molar-refractivity contribution in [2.75, 3.05) is 0 Å². The van der Waals surface area contributed by atoms with Gasteiger partial charge < -0.3 is 0 Å². The molecule has 0 saturated heterocycles. The Hall–Kier alpha value is -7.98. The lowest BCUT2D eigenvalue weighted by Crippen LogP contribution is -2.26. The Morgan fingerprint density at radius 3 is 1.34 bits per heavy atom. The Bertz CT molecular complexity index is 4500. The zero-order chi connectivity index (χ0) is 46.7. The summed E-state index contributed by atoms with van der Waals surface area (Å²) in [7, 11) is -1.10. The molecule has 2 aliphatic rings. The summed E-state index contributed by atoms with van der Waals surface area (Å²) in [4.78, 5) is 0. The van der Waals surface area contributed by atoms with Gasteiger partial charge in [-0.05, 0) is 151 Å². The SMILES string of the molecule is Cp1c2ccccc2c2cccc(-c3cccc4c(-c5cccc6c5-c5ccccc5C65c6ccccc6-c6ccc7ccccc7c65)c5cccc(-c6cccc7c8ccccc8p(C)c67)c5cc34)c21. The van der Waals surface area contributed by atoms with Crippen LogP contribution in [0.2, 0.25) is 0 Å². The summed E-state index contributed by atoms with van der Waals surface area (Å²) in [5.74, 6) is 0. The Morgan fingerprint density at radius 2 is 0.704 bits per heavy atom. The van der Waals surface area contributed by atoms with Gasteiger partial charge in [-0.25, -0.2) is 0 Å². The van der Waals surface area contributed by atoms with Gasteiger partial charge in [-0.1, -0.05) is 224 Å². The van der Waals surface area contributed by atoms with Crippen LogP contribution in [0.3, 0.4) is 0 Å². The minimum atomic E-state index is -0.551. The van der Waals surface area contributed by atoms with Crippen LogP contribution in [0.5, 0.6) is 0 Å². The molecule has 12 aromatic carbocycles. The predicted molar refractivity (Wildman–Crippen MR) is 309 cm³/mol. The normalized spacial score (nSPS) is 15.2. The van der Waals surface area contributed by atoms with Crippen LogP contribution < -0.4 is 0 Å². The average molecular weight is 935 g/mol. The third kappa shape index (κ3) is 5.07. The Labute approximate surface area is 414 Å². The van der Waals surface area contributed by atoms with Crippen LogP contribution in [0, 0.1) is 0 Å².